The van der Waals surface area contributed by atoms with Crippen molar-refractivity contribution < 1.29 is 18.0 Å². The van der Waals surface area contributed by atoms with Crippen LogP contribution in [0.15, 0.2) is 18.5 Å². The van der Waals surface area contributed by atoms with Crippen LogP contribution in [0.2, 0.25) is 0 Å². The maximum Gasteiger partial charge on any atom is 0.435 e. The van der Waals surface area contributed by atoms with E-state index in [-0.39, 0.29) is 29.0 Å². The van der Waals surface area contributed by atoms with Crippen molar-refractivity contribution in [3.05, 3.63) is 29.7 Å². The highest BCUT2D eigenvalue weighted by atomic mass is 19.4. The van der Waals surface area contributed by atoms with Gasteiger partial charge in [0.2, 0.25) is 0 Å². The minimum absolute atomic E-state index is 0.0720. The summed E-state index contributed by atoms with van der Waals surface area (Å²) in [4.78, 5) is 22.1. The standard InChI is InChI=1S/C15H17F3N6O/c1-23-11(6-12(22-23)15(16,17)18)13-20-7-9(8-21-13)14(25)24-4-2-10(19)3-5-24/h6-8,10H,2-5,19H2,1H3. The van der Waals surface area contributed by atoms with Crippen LogP contribution in [0.4, 0.5) is 13.2 Å². The zero-order valence-electron chi connectivity index (χ0n) is 13.5. The molecule has 1 saturated heterocycles. The Morgan fingerprint density at radius 3 is 2.36 bits per heavy atom. The maximum absolute atomic E-state index is 12.7. The molecule has 2 N–H and O–H groups in total. The Labute approximate surface area is 141 Å². The zero-order chi connectivity index (χ0) is 18.2. The van der Waals surface area contributed by atoms with Crippen LogP contribution in [0, 0.1) is 0 Å². The lowest BCUT2D eigenvalue weighted by Gasteiger charge is -2.30. The number of likely N-dealkylation sites (tertiary alicyclic amines) is 1. The smallest absolute Gasteiger partial charge is 0.338 e. The summed E-state index contributed by atoms with van der Waals surface area (Å²) >= 11 is 0. The fraction of sp³-hybridized carbons (Fsp3) is 0.467. The molecule has 0 saturated carbocycles. The van der Waals surface area contributed by atoms with E-state index in [2.05, 4.69) is 15.1 Å². The molecule has 1 aliphatic heterocycles. The van der Waals surface area contributed by atoms with Gasteiger partial charge in [0.05, 0.1) is 5.56 Å². The van der Waals surface area contributed by atoms with Gasteiger partial charge in [0, 0.05) is 38.6 Å². The second kappa shape index (κ2) is 6.43. The minimum Gasteiger partial charge on any atom is -0.338 e. The van der Waals surface area contributed by atoms with E-state index in [4.69, 9.17) is 5.73 Å². The van der Waals surface area contributed by atoms with Crippen LogP contribution in [0.5, 0.6) is 0 Å². The molecule has 1 aliphatic rings. The van der Waals surface area contributed by atoms with Gasteiger partial charge in [-0.2, -0.15) is 18.3 Å². The number of halogens is 3. The zero-order valence-corrected chi connectivity index (χ0v) is 13.5. The quantitative estimate of drug-likeness (QED) is 0.882. The van der Waals surface area contributed by atoms with E-state index in [0.29, 0.717) is 13.1 Å². The number of aromatic nitrogens is 4. The molecule has 0 radical (unpaired) electrons. The highest BCUT2D eigenvalue weighted by molar-refractivity contribution is 5.93. The molecule has 10 heteroatoms. The van der Waals surface area contributed by atoms with Crippen molar-refractivity contribution in [3.63, 3.8) is 0 Å². The van der Waals surface area contributed by atoms with E-state index in [9.17, 15) is 18.0 Å². The van der Waals surface area contributed by atoms with Gasteiger partial charge in [-0.05, 0) is 18.9 Å². The molecular weight excluding hydrogens is 337 g/mol. The fourth-order valence-electron chi connectivity index (χ4n) is 2.67. The first-order chi connectivity index (χ1) is 11.8. The highest BCUT2D eigenvalue weighted by Crippen LogP contribution is 2.30. The van der Waals surface area contributed by atoms with Crippen molar-refractivity contribution in [2.45, 2.75) is 25.1 Å². The maximum atomic E-state index is 12.7. The molecule has 3 heterocycles. The van der Waals surface area contributed by atoms with E-state index in [1.165, 1.54) is 19.4 Å². The van der Waals surface area contributed by atoms with Crippen molar-refractivity contribution >= 4 is 5.91 Å². The average molecular weight is 354 g/mol. The normalized spacial score (nSPS) is 16.3. The SMILES string of the molecule is Cn1nc(C(F)(F)F)cc1-c1ncc(C(=O)N2CCC(N)CC2)cn1. The molecule has 0 unspecified atom stereocenters. The Morgan fingerprint density at radius 1 is 1.24 bits per heavy atom. The van der Waals surface area contributed by atoms with Crippen LogP contribution in [-0.2, 0) is 13.2 Å². The Hall–Kier alpha value is -2.49. The van der Waals surface area contributed by atoms with E-state index >= 15 is 0 Å². The second-order valence-corrected chi connectivity index (χ2v) is 5.96. The topological polar surface area (TPSA) is 89.9 Å². The van der Waals surface area contributed by atoms with Gasteiger partial charge in [-0.3, -0.25) is 9.48 Å². The van der Waals surface area contributed by atoms with Crippen LogP contribution in [0.25, 0.3) is 11.5 Å². The first-order valence-electron chi connectivity index (χ1n) is 7.74. The van der Waals surface area contributed by atoms with E-state index < -0.39 is 11.9 Å². The van der Waals surface area contributed by atoms with Gasteiger partial charge in [0.1, 0.15) is 5.69 Å². The van der Waals surface area contributed by atoms with Gasteiger partial charge in [-0.25, -0.2) is 9.97 Å². The molecule has 134 valence electrons. The predicted octanol–water partition coefficient (Wildman–Crippen LogP) is 1.46. The molecule has 0 atom stereocenters. The third-order valence-electron chi connectivity index (χ3n) is 4.12. The van der Waals surface area contributed by atoms with Crippen LogP contribution < -0.4 is 5.73 Å². The summed E-state index contributed by atoms with van der Waals surface area (Å²) < 4.78 is 39.2. The Morgan fingerprint density at radius 2 is 1.84 bits per heavy atom. The number of rotatable bonds is 2. The Kier molecular flexibility index (Phi) is 4.46. The highest BCUT2D eigenvalue weighted by Gasteiger charge is 2.35. The molecule has 0 aliphatic carbocycles. The van der Waals surface area contributed by atoms with Crippen molar-refractivity contribution in [2.75, 3.05) is 13.1 Å². The van der Waals surface area contributed by atoms with Crippen molar-refractivity contribution in [1.82, 2.24) is 24.6 Å². The van der Waals surface area contributed by atoms with Gasteiger partial charge < -0.3 is 10.6 Å². The summed E-state index contributed by atoms with van der Waals surface area (Å²) in [5.41, 5.74) is 5.21. The molecule has 7 nitrogen and oxygen atoms in total. The molecule has 3 rings (SSSR count). The molecule has 25 heavy (non-hydrogen) atoms. The third kappa shape index (κ3) is 3.63. The molecular formula is C15H17F3N6O. The molecule has 1 amide bonds. The summed E-state index contributed by atoms with van der Waals surface area (Å²) in [6, 6.07) is 0.985. The molecule has 0 bridgehead atoms. The van der Waals surface area contributed by atoms with Gasteiger partial charge >= 0.3 is 6.18 Å². The van der Waals surface area contributed by atoms with Crippen molar-refractivity contribution in [3.8, 4) is 11.5 Å². The Bertz CT molecular complexity index is 763. The number of nitrogens with zero attached hydrogens (tertiary/aromatic N) is 5. The first kappa shape index (κ1) is 17.3. The number of aryl methyl sites for hydroxylation is 1. The number of piperidine rings is 1. The van der Waals surface area contributed by atoms with Crippen LogP contribution in [0.1, 0.15) is 28.9 Å². The minimum atomic E-state index is -4.54. The van der Waals surface area contributed by atoms with E-state index in [1.54, 1.807) is 4.90 Å². The van der Waals surface area contributed by atoms with Gasteiger partial charge in [0.15, 0.2) is 11.5 Å². The molecule has 2 aromatic rings. The largest absolute Gasteiger partial charge is 0.435 e. The molecule has 1 fully saturated rings. The van der Waals surface area contributed by atoms with E-state index in [1.807, 2.05) is 0 Å². The third-order valence-corrected chi connectivity index (χ3v) is 4.12. The molecule has 2 aromatic heterocycles. The number of alkyl halides is 3. The summed E-state index contributed by atoms with van der Waals surface area (Å²) in [5, 5.41) is 3.42. The number of carbonyl (C=O) groups excluding carboxylic acids is 1. The van der Waals surface area contributed by atoms with Crippen LogP contribution in [-0.4, -0.2) is 49.7 Å². The van der Waals surface area contributed by atoms with Crippen molar-refractivity contribution in [2.24, 2.45) is 12.8 Å². The number of hydrogen-bond acceptors (Lipinski definition) is 5. The molecule has 0 aromatic carbocycles. The number of carbonyl (C=O) groups is 1. The lowest BCUT2D eigenvalue weighted by molar-refractivity contribution is -0.141. The van der Waals surface area contributed by atoms with E-state index in [0.717, 1.165) is 23.6 Å². The monoisotopic (exact) mass is 354 g/mol. The Balaban J connectivity index is 1.79. The average Bonchev–Trinajstić information content (AvgIpc) is 2.97. The fourth-order valence-corrected chi connectivity index (χ4v) is 2.67. The van der Waals surface area contributed by atoms with Gasteiger partial charge in [0.25, 0.3) is 5.91 Å². The predicted molar refractivity (Wildman–Crippen MR) is 82.3 cm³/mol. The number of amides is 1. The van der Waals surface area contributed by atoms with Crippen LogP contribution >= 0.6 is 0 Å². The van der Waals surface area contributed by atoms with Crippen LogP contribution in [0.3, 0.4) is 0 Å². The van der Waals surface area contributed by atoms with Crippen molar-refractivity contribution in [1.29, 1.82) is 0 Å². The molecule has 0 spiro atoms. The second-order valence-electron chi connectivity index (χ2n) is 5.96. The summed E-state index contributed by atoms with van der Waals surface area (Å²) in [6.45, 7) is 1.14. The summed E-state index contributed by atoms with van der Waals surface area (Å²) in [5.74, 6) is -0.137. The lowest BCUT2D eigenvalue weighted by atomic mass is 10.1. The van der Waals surface area contributed by atoms with Gasteiger partial charge in [-0.15, -0.1) is 0 Å². The lowest BCUT2D eigenvalue weighted by Crippen LogP contribution is -2.42. The number of hydrogen-bond donors (Lipinski definition) is 1. The summed E-state index contributed by atoms with van der Waals surface area (Å²) in [7, 11) is 1.38. The van der Waals surface area contributed by atoms with Gasteiger partial charge in [-0.1, -0.05) is 0 Å². The number of nitrogens with two attached hydrogens (primary N) is 1. The first-order valence-corrected chi connectivity index (χ1v) is 7.74. The summed E-state index contributed by atoms with van der Waals surface area (Å²) in [6.07, 6.45) is -0.431.